The maximum Gasteiger partial charge on any atom is 0.306 e. The molecule has 0 spiro atoms. The van der Waals surface area contributed by atoms with Gasteiger partial charge in [0.1, 0.15) is 0 Å². The molecule has 0 aromatic carbocycles. The third kappa shape index (κ3) is 10.8. The molecule has 182 valence electrons. The van der Waals surface area contributed by atoms with E-state index in [1.54, 1.807) is 0 Å². The number of carboxylic acid groups (broad SMARTS) is 2. The van der Waals surface area contributed by atoms with Crippen molar-refractivity contribution in [2.45, 2.75) is 117 Å². The number of hydrogen-bond acceptors (Lipinski definition) is 4. The predicted octanol–water partition coefficient (Wildman–Crippen LogP) is 5.08. The van der Waals surface area contributed by atoms with Crippen LogP contribution >= 0.6 is 0 Å². The second-order valence-corrected chi connectivity index (χ2v) is 10.6. The molecule has 2 rings (SSSR count). The van der Waals surface area contributed by atoms with Gasteiger partial charge in [0.05, 0.1) is 12.0 Å². The van der Waals surface area contributed by atoms with E-state index >= 15 is 0 Å². The van der Waals surface area contributed by atoms with Gasteiger partial charge in [-0.05, 0) is 69.2 Å². The first-order valence-electron chi connectivity index (χ1n) is 12.4. The van der Waals surface area contributed by atoms with Gasteiger partial charge in [0, 0.05) is 12.5 Å². The third-order valence-electron chi connectivity index (χ3n) is 7.28. The highest BCUT2D eigenvalue weighted by Crippen LogP contribution is 2.38. The zero-order valence-electron chi connectivity index (χ0n) is 20.2. The molecule has 0 bridgehead atoms. The lowest BCUT2D eigenvalue weighted by molar-refractivity contribution is -0.144. The van der Waals surface area contributed by atoms with Crippen molar-refractivity contribution in [1.29, 1.82) is 0 Å². The number of rotatable bonds is 10. The Hall–Kier alpha value is -1.14. The molecule has 5 unspecified atom stereocenters. The number of unbranched alkanes of at least 4 members (excludes halogenated alkanes) is 4. The third-order valence-corrected chi connectivity index (χ3v) is 7.28. The van der Waals surface area contributed by atoms with Gasteiger partial charge >= 0.3 is 11.9 Å². The van der Waals surface area contributed by atoms with Gasteiger partial charge in [-0.15, -0.1) is 0 Å². The number of carbonyl (C=O) groups is 2. The molecule has 0 amide bonds. The fourth-order valence-electron chi connectivity index (χ4n) is 5.22. The summed E-state index contributed by atoms with van der Waals surface area (Å²) in [5.74, 6) is -0.802. The molecule has 2 fully saturated rings. The molecule has 0 aromatic heterocycles. The molecule has 0 radical (unpaired) electrons. The van der Waals surface area contributed by atoms with E-state index in [0.717, 1.165) is 57.9 Å². The van der Waals surface area contributed by atoms with Crippen LogP contribution < -0.4 is 5.32 Å². The van der Waals surface area contributed by atoms with Crippen LogP contribution in [0, 0.1) is 23.2 Å². The molecular formula is C25H47NO5. The Morgan fingerprint density at radius 2 is 1.68 bits per heavy atom. The zero-order valence-corrected chi connectivity index (χ0v) is 20.2. The average molecular weight is 442 g/mol. The molecule has 5 atom stereocenters. The van der Waals surface area contributed by atoms with Crippen LogP contribution in [0.25, 0.3) is 0 Å². The minimum Gasteiger partial charge on any atom is -0.481 e. The molecular weight excluding hydrogens is 394 g/mol. The molecule has 2 aliphatic rings. The Morgan fingerprint density at radius 1 is 1.03 bits per heavy atom. The van der Waals surface area contributed by atoms with Crippen LogP contribution in [-0.4, -0.2) is 45.9 Å². The molecule has 1 saturated heterocycles. The van der Waals surface area contributed by atoms with E-state index in [4.69, 9.17) is 5.11 Å². The van der Waals surface area contributed by atoms with E-state index < -0.39 is 11.9 Å². The lowest BCUT2D eigenvalue weighted by Gasteiger charge is -2.39. The molecule has 1 heterocycles. The second-order valence-electron chi connectivity index (χ2n) is 10.6. The van der Waals surface area contributed by atoms with Gasteiger partial charge in [-0.25, -0.2) is 0 Å². The summed E-state index contributed by atoms with van der Waals surface area (Å²) in [7, 11) is 0. The van der Waals surface area contributed by atoms with Crippen LogP contribution in [0.4, 0.5) is 0 Å². The Morgan fingerprint density at radius 3 is 2.23 bits per heavy atom. The van der Waals surface area contributed by atoms with Crippen LogP contribution in [0.2, 0.25) is 0 Å². The SMILES string of the molecule is CC1CC(C(CCCCCCCC(=O)O)C(=O)O)CCN1.CC1CCCC(C)(C)C1O. The van der Waals surface area contributed by atoms with E-state index in [0.29, 0.717) is 17.9 Å². The van der Waals surface area contributed by atoms with Crippen molar-refractivity contribution in [3.8, 4) is 0 Å². The Kier molecular flexibility index (Phi) is 12.7. The maximum atomic E-state index is 11.5. The highest BCUT2D eigenvalue weighted by Gasteiger charge is 2.35. The largest absolute Gasteiger partial charge is 0.481 e. The molecule has 6 nitrogen and oxygen atoms in total. The first-order valence-corrected chi connectivity index (χ1v) is 12.4. The Balaban J connectivity index is 0.000000399. The van der Waals surface area contributed by atoms with Crippen LogP contribution in [0.15, 0.2) is 0 Å². The minimum atomic E-state index is -0.735. The molecule has 4 N–H and O–H groups in total. The van der Waals surface area contributed by atoms with Crippen molar-refractivity contribution in [3.05, 3.63) is 0 Å². The van der Waals surface area contributed by atoms with Crippen molar-refractivity contribution in [3.63, 3.8) is 0 Å². The maximum absolute atomic E-state index is 11.5. The summed E-state index contributed by atoms with van der Waals surface area (Å²) in [6.45, 7) is 9.50. The predicted molar refractivity (Wildman–Crippen MR) is 124 cm³/mol. The molecule has 1 saturated carbocycles. The Labute approximate surface area is 189 Å². The van der Waals surface area contributed by atoms with Gasteiger partial charge in [0.15, 0.2) is 0 Å². The molecule has 1 aliphatic carbocycles. The van der Waals surface area contributed by atoms with Gasteiger partial charge in [-0.1, -0.05) is 52.9 Å². The first kappa shape index (κ1) is 27.9. The lowest BCUT2D eigenvalue weighted by Crippen LogP contribution is -2.40. The Bertz CT molecular complexity index is 536. The summed E-state index contributed by atoms with van der Waals surface area (Å²) in [6, 6.07) is 0.418. The summed E-state index contributed by atoms with van der Waals surface area (Å²) >= 11 is 0. The van der Waals surface area contributed by atoms with Gasteiger partial charge in [-0.2, -0.15) is 0 Å². The van der Waals surface area contributed by atoms with E-state index in [9.17, 15) is 19.8 Å². The zero-order chi connectivity index (χ0) is 23.4. The topological polar surface area (TPSA) is 107 Å². The second kappa shape index (κ2) is 14.1. The van der Waals surface area contributed by atoms with Gasteiger partial charge in [-0.3, -0.25) is 9.59 Å². The fraction of sp³-hybridized carbons (Fsp3) is 0.920. The van der Waals surface area contributed by atoms with E-state index in [1.165, 1.54) is 19.3 Å². The highest BCUT2D eigenvalue weighted by molar-refractivity contribution is 5.70. The smallest absolute Gasteiger partial charge is 0.306 e. The monoisotopic (exact) mass is 441 g/mol. The first-order chi connectivity index (χ1) is 14.5. The average Bonchev–Trinajstić information content (AvgIpc) is 2.68. The van der Waals surface area contributed by atoms with Crippen LogP contribution in [0.3, 0.4) is 0 Å². The van der Waals surface area contributed by atoms with E-state index in [-0.39, 0.29) is 23.9 Å². The normalized spacial score (nSPS) is 28.8. The molecule has 0 aromatic rings. The summed E-state index contributed by atoms with van der Waals surface area (Å²) < 4.78 is 0. The number of aliphatic hydroxyl groups excluding tert-OH is 1. The van der Waals surface area contributed by atoms with Crippen LogP contribution in [-0.2, 0) is 9.59 Å². The number of piperidine rings is 1. The van der Waals surface area contributed by atoms with E-state index in [1.807, 2.05) is 0 Å². The summed E-state index contributed by atoms with van der Waals surface area (Å²) in [4.78, 5) is 21.8. The minimum absolute atomic E-state index is 0.0822. The number of aliphatic hydroxyl groups is 1. The number of carboxylic acids is 2. The van der Waals surface area contributed by atoms with Gasteiger partial charge < -0.3 is 20.6 Å². The van der Waals surface area contributed by atoms with Crippen molar-refractivity contribution in [2.75, 3.05) is 6.54 Å². The fourth-order valence-corrected chi connectivity index (χ4v) is 5.22. The summed E-state index contributed by atoms with van der Waals surface area (Å²) in [5, 5.41) is 31.0. The van der Waals surface area contributed by atoms with Crippen LogP contribution in [0.1, 0.15) is 105 Å². The number of aliphatic carboxylic acids is 2. The molecule has 31 heavy (non-hydrogen) atoms. The standard InChI is InChI=1S/C16H29NO4.C9H18O/c1-12-11-13(9-10-17-12)14(16(20)21)7-5-3-2-4-6-8-15(18)19;1-7-5-4-6-9(2,3)8(7)10/h12-14,17H,2-11H2,1H3,(H,18,19)(H,20,21);7-8,10H,4-6H2,1-3H3. The molecule has 6 heteroatoms. The van der Waals surface area contributed by atoms with Gasteiger partial charge in [0.2, 0.25) is 0 Å². The number of hydrogen-bond donors (Lipinski definition) is 4. The lowest BCUT2D eigenvalue weighted by atomic mass is 9.70. The van der Waals surface area contributed by atoms with Crippen molar-refractivity contribution in [1.82, 2.24) is 5.32 Å². The van der Waals surface area contributed by atoms with Crippen molar-refractivity contribution < 1.29 is 24.9 Å². The van der Waals surface area contributed by atoms with Gasteiger partial charge in [0.25, 0.3) is 0 Å². The van der Waals surface area contributed by atoms with E-state index in [2.05, 4.69) is 33.0 Å². The highest BCUT2D eigenvalue weighted by atomic mass is 16.4. The molecule has 1 aliphatic heterocycles. The van der Waals surface area contributed by atoms with Crippen LogP contribution in [0.5, 0.6) is 0 Å². The van der Waals surface area contributed by atoms with Crippen molar-refractivity contribution in [2.24, 2.45) is 23.2 Å². The number of nitrogens with one attached hydrogen (secondary N) is 1. The summed E-state index contributed by atoms with van der Waals surface area (Å²) in [5.41, 5.74) is 0.164. The van der Waals surface area contributed by atoms with Crippen molar-refractivity contribution >= 4 is 11.9 Å². The quantitative estimate of drug-likeness (QED) is 0.352. The summed E-state index contributed by atoms with van der Waals surface area (Å²) in [6.07, 6.45) is 11.1.